The highest BCUT2D eigenvalue weighted by molar-refractivity contribution is 5.61. The maximum absolute atomic E-state index is 13.9. The molecule has 2 aromatic rings. The van der Waals surface area contributed by atoms with Gasteiger partial charge in [0.1, 0.15) is 12.1 Å². The Hall–Kier alpha value is -1.81. The van der Waals surface area contributed by atoms with E-state index in [0.717, 1.165) is 24.1 Å². The number of nitrogens with zero attached hydrogens (tertiary/aromatic N) is 2. The Morgan fingerprint density at radius 2 is 1.94 bits per heavy atom. The van der Waals surface area contributed by atoms with Gasteiger partial charge >= 0.3 is 0 Å². The van der Waals surface area contributed by atoms with E-state index >= 15 is 0 Å². The van der Waals surface area contributed by atoms with E-state index < -0.39 is 0 Å². The Balaban J connectivity index is 2.15. The second kappa shape index (κ2) is 6.21. The minimum Gasteiger partial charge on any atom is -0.313 e. The maximum atomic E-state index is 13.9. The van der Waals surface area contributed by atoms with Gasteiger partial charge in [-0.15, -0.1) is 0 Å². The van der Waals surface area contributed by atoms with E-state index in [0.29, 0.717) is 12.1 Å². The molecule has 0 unspecified atom stereocenters. The zero-order valence-corrected chi connectivity index (χ0v) is 10.4. The van der Waals surface area contributed by atoms with E-state index in [4.69, 9.17) is 0 Å². The van der Waals surface area contributed by atoms with E-state index in [1.807, 2.05) is 6.07 Å². The molecule has 0 atom stereocenters. The summed E-state index contributed by atoms with van der Waals surface area (Å²) in [5, 5.41) is 3.19. The van der Waals surface area contributed by atoms with Crippen LogP contribution in [0.3, 0.4) is 0 Å². The van der Waals surface area contributed by atoms with Crippen molar-refractivity contribution in [3.8, 4) is 11.1 Å². The highest BCUT2D eigenvalue weighted by Crippen LogP contribution is 2.20. The van der Waals surface area contributed by atoms with Crippen molar-refractivity contribution in [1.29, 1.82) is 0 Å². The molecule has 94 valence electrons. The SMILES string of the molecule is CCCNCc1ccc(-c2cncnc2)cc1F. The first kappa shape index (κ1) is 12.6. The minimum absolute atomic E-state index is 0.194. The number of rotatable bonds is 5. The van der Waals surface area contributed by atoms with Crippen molar-refractivity contribution >= 4 is 0 Å². The van der Waals surface area contributed by atoms with Crippen LogP contribution in [0, 0.1) is 5.82 Å². The molecule has 18 heavy (non-hydrogen) atoms. The van der Waals surface area contributed by atoms with Gasteiger partial charge in [-0.3, -0.25) is 0 Å². The number of benzene rings is 1. The first-order chi connectivity index (χ1) is 8.81. The third kappa shape index (κ3) is 3.11. The van der Waals surface area contributed by atoms with Crippen LogP contribution in [0.5, 0.6) is 0 Å². The van der Waals surface area contributed by atoms with Crippen LogP contribution in [0.1, 0.15) is 18.9 Å². The van der Waals surface area contributed by atoms with Crippen molar-refractivity contribution in [3.05, 3.63) is 48.3 Å². The van der Waals surface area contributed by atoms with Crippen LogP contribution in [0.25, 0.3) is 11.1 Å². The Kier molecular flexibility index (Phi) is 4.36. The summed E-state index contributed by atoms with van der Waals surface area (Å²) in [6.07, 6.45) is 5.86. The van der Waals surface area contributed by atoms with Gasteiger partial charge in [-0.05, 0) is 24.6 Å². The molecule has 0 aliphatic heterocycles. The lowest BCUT2D eigenvalue weighted by Gasteiger charge is -2.07. The molecule has 1 N–H and O–H groups in total. The van der Waals surface area contributed by atoms with E-state index in [9.17, 15) is 4.39 Å². The summed E-state index contributed by atoms with van der Waals surface area (Å²) in [7, 11) is 0. The molecule has 2 rings (SSSR count). The van der Waals surface area contributed by atoms with E-state index in [-0.39, 0.29) is 5.82 Å². The summed E-state index contributed by atoms with van der Waals surface area (Å²) in [4.78, 5) is 7.86. The lowest BCUT2D eigenvalue weighted by atomic mass is 10.1. The van der Waals surface area contributed by atoms with Crippen molar-refractivity contribution in [1.82, 2.24) is 15.3 Å². The lowest BCUT2D eigenvalue weighted by Crippen LogP contribution is -2.14. The van der Waals surface area contributed by atoms with Crippen LogP contribution in [0.4, 0.5) is 4.39 Å². The zero-order valence-electron chi connectivity index (χ0n) is 10.4. The molecule has 0 aliphatic carbocycles. The van der Waals surface area contributed by atoms with Crippen LogP contribution in [0.2, 0.25) is 0 Å². The van der Waals surface area contributed by atoms with Crippen molar-refractivity contribution in [2.45, 2.75) is 19.9 Å². The van der Waals surface area contributed by atoms with Crippen LogP contribution in [-0.4, -0.2) is 16.5 Å². The van der Waals surface area contributed by atoms with Gasteiger partial charge in [-0.1, -0.05) is 19.1 Å². The molecular weight excluding hydrogens is 229 g/mol. The number of halogens is 1. The van der Waals surface area contributed by atoms with Crippen molar-refractivity contribution in [3.63, 3.8) is 0 Å². The quantitative estimate of drug-likeness (QED) is 0.823. The molecule has 0 spiro atoms. The van der Waals surface area contributed by atoms with Gasteiger partial charge in [0.2, 0.25) is 0 Å². The average Bonchev–Trinajstić information content (AvgIpc) is 2.42. The Bertz CT molecular complexity index is 500. The van der Waals surface area contributed by atoms with E-state index in [1.165, 1.54) is 12.4 Å². The standard InChI is InChI=1S/C14H16FN3/c1-2-5-16-7-12-4-3-11(6-14(12)15)13-8-17-10-18-9-13/h3-4,6,8-10,16H,2,5,7H2,1H3. The zero-order chi connectivity index (χ0) is 12.8. The van der Waals surface area contributed by atoms with Crippen LogP contribution in [-0.2, 0) is 6.54 Å². The van der Waals surface area contributed by atoms with Gasteiger partial charge in [0, 0.05) is 30.1 Å². The first-order valence-corrected chi connectivity index (χ1v) is 6.05. The number of hydrogen-bond acceptors (Lipinski definition) is 3. The minimum atomic E-state index is -0.194. The Morgan fingerprint density at radius 1 is 1.17 bits per heavy atom. The molecule has 1 heterocycles. The molecule has 0 aliphatic rings. The largest absolute Gasteiger partial charge is 0.313 e. The van der Waals surface area contributed by atoms with Crippen molar-refractivity contribution in [2.24, 2.45) is 0 Å². The monoisotopic (exact) mass is 245 g/mol. The summed E-state index contributed by atoms with van der Waals surface area (Å²) < 4.78 is 13.9. The molecule has 0 fully saturated rings. The molecule has 1 aromatic carbocycles. The molecule has 1 aromatic heterocycles. The van der Waals surface area contributed by atoms with Crippen LogP contribution >= 0.6 is 0 Å². The van der Waals surface area contributed by atoms with Gasteiger partial charge in [0.15, 0.2) is 0 Å². The maximum Gasteiger partial charge on any atom is 0.128 e. The van der Waals surface area contributed by atoms with Gasteiger partial charge in [-0.2, -0.15) is 0 Å². The highest BCUT2D eigenvalue weighted by Gasteiger charge is 2.05. The van der Waals surface area contributed by atoms with Crippen molar-refractivity contribution < 1.29 is 4.39 Å². The molecular formula is C14H16FN3. The molecule has 0 bridgehead atoms. The molecule has 0 saturated carbocycles. The summed E-state index contributed by atoms with van der Waals surface area (Å²) in [5.74, 6) is -0.194. The predicted molar refractivity (Wildman–Crippen MR) is 69.4 cm³/mol. The second-order valence-corrected chi connectivity index (χ2v) is 4.11. The predicted octanol–water partition coefficient (Wildman–Crippen LogP) is 2.78. The molecule has 4 heteroatoms. The van der Waals surface area contributed by atoms with Gasteiger partial charge in [0.25, 0.3) is 0 Å². The summed E-state index contributed by atoms with van der Waals surface area (Å²) >= 11 is 0. The second-order valence-electron chi connectivity index (χ2n) is 4.11. The van der Waals surface area contributed by atoms with Gasteiger partial charge in [0.05, 0.1) is 0 Å². The highest BCUT2D eigenvalue weighted by atomic mass is 19.1. The first-order valence-electron chi connectivity index (χ1n) is 6.05. The van der Waals surface area contributed by atoms with E-state index in [1.54, 1.807) is 18.5 Å². The number of aromatic nitrogens is 2. The fourth-order valence-corrected chi connectivity index (χ4v) is 1.72. The Morgan fingerprint density at radius 3 is 2.61 bits per heavy atom. The van der Waals surface area contributed by atoms with Gasteiger partial charge < -0.3 is 5.32 Å². The van der Waals surface area contributed by atoms with Crippen LogP contribution < -0.4 is 5.32 Å². The lowest BCUT2D eigenvalue weighted by molar-refractivity contribution is 0.587. The van der Waals surface area contributed by atoms with Gasteiger partial charge in [-0.25, -0.2) is 14.4 Å². The summed E-state index contributed by atoms with van der Waals surface area (Å²) in [6, 6.07) is 5.23. The third-order valence-electron chi connectivity index (χ3n) is 2.69. The third-order valence-corrected chi connectivity index (χ3v) is 2.69. The van der Waals surface area contributed by atoms with Crippen LogP contribution in [0.15, 0.2) is 36.9 Å². The number of hydrogen-bond donors (Lipinski definition) is 1. The van der Waals surface area contributed by atoms with Crippen molar-refractivity contribution in [2.75, 3.05) is 6.54 Å². The Labute approximate surface area is 106 Å². The summed E-state index contributed by atoms with van der Waals surface area (Å²) in [5.41, 5.74) is 2.31. The molecule has 3 nitrogen and oxygen atoms in total. The normalized spacial score (nSPS) is 10.6. The average molecular weight is 245 g/mol. The fraction of sp³-hybridized carbons (Fsp3) is 0.286. The molecule has 0 amide bonds. The molecule has 0 saturated heterocycles. The molecule has 0 radical (unpaired) electrons. The van der Waals surface area contributed by atoms with E-state index in [2.05, 4.69) is 22.2 Å². The fourth-order valence-electron chi connectivity index (χ4n) is 1.72. The smallest absolute Gasteiger partial charge is 0.128 e. The summed E-state index contributed by atoms with van der Waals surface area (Å²) in [6.45, 7) is 3.54. The number of nitrogens with one attached hydrogen (secondary N) is 1. The topological polar surface area (TPSA) is 37.8 Å².